The average molecular weight is 431 g/mol. The summed E-state index contributed by atoms with van der Waals surface area (Å²) in [6.07, 6.45) is 1.52. The van der Waals surface area contributed by atoms with Crippen LogP contribution in [-0.4, -0.2) is 47.2 Å². The van der Waals surface area contributed by atoms with Gasteiger partial charge in [-0.1, -0.05) is 22.0 Å². The summed E-state index contributed by atoms with van der Waals surface area (Å²) in [4.78, 5) is 21.4. The Morgan fingerprint density at radius 3 is 2.48 bits per heavy atom. The van der Waals surface area contributed by atoms with Crippen LogP contribution in [0.1, 0.15) is 0 Å². The van der Waals surface area contributed by atoms with Crippen LogP contribution in [0, 0.1) is 5.82 Å². The molecule has 27 heavy (non-hydrogen) atoms. The Balaban J connectivity index is 1.38. The Labute approximate surface area is 165 Å². The van der Waals surface area contributed by atoms with Crippen LogP contribution >= 0.6 is 15.9 Å². The van der Waals surface area contributed by atoms with Crippen LogP contribution in [0.15, 0.2) is 58.1 Å². The molecule has 5 nitrogen and oxygen atoms in total. The SMILES string of the molecule is O=c1c2c(F)cccc2ncn1CCN1CCN(c2ccc(Br)cc2)CC1. The van der Waals surface area contributed by atoms with Crippen molar-refractivity contribution in [3.8, 4) is 0 Å². The van der Waals surface area contributed by atoms with E-state index >= 15 is 0 Å². The lowest BCUT2D eigenvalue weighted by molar-refractivity contribution is 0.247. The van der Waals surface area contributed by atoms with Gasteiger partial charge in [-0.15, -0.1) is 0 Å². The van der Waals surface area contributed by atoms with Crippen molar-refractivity contribution in [2.45, 2.75) is 6.54 Å². The largest absolute Gasteiger partial charge is 0.369 e. The first-order chi connectivity index (χ1) is 13.1. The van der Waals surface area contributed by atoms with E-state index in [9.17, 15) is 9.18 Å². The minimum atomic E-state index is -0.512. The summed E-state index contributed by atoms with van der Waals surface area (Å²) in [7, 11) is 0. The summed E-state index contributed by atoms with van der Waals surface area (Å²) < 4.78 is 16.6. The second-order valence-electron chi connectivity index (χ2n) is 6.68. The van der Waals surface area contributed by atoms with E-state index in [1.165, 1.54) is 22.6 Å². The molecule has 140 valence electrons. The van der Waals surface area contributed by atoms with Crippen LogP contribution in [0.5, 0.6) is 0 Å². The normalized spacial score (nSPS) is 15.4. The monoisotopic (exact) mass is 430 g/mol. The van der Waals surface area contributed by atoms with Crippen molar-refractivity contribution < 1.29 is 4.39 Å². The Kier molecular flexibility index (Phi) is 5.22. The van der Waals surface area contributed by atoms with Gasteiger partial charge in [-0.05, 0) is 36.4 Å². The van der Waals surface area contributed by atoms with Crippen molar-refractivity contribution in [2.75, 3.05) is 37.6 Å². The Morgan fingerprint density at radius 1 is 1.00 bits per heavy atom. The molecule has 4 rings (SSSR count). The maximum atomic E-state index is 14.0. The molecule has 0 bridgehead atoms. The third-order valence-corrected chi connectivity index (χ3v) is 5.55. The summed E-state index contributed by atoms with van der Waals surface area (Å²) >= 11 is 3.46. The number of nitrogens with zero attached hydrogens (tertiary/aromatic N) is 4. The maximum absolute atomic E-state index is 14.0. The van der Waals surface area contributed by atoms with Crippen molar-refractivity contribution in [1.82, 2.24) is 14.5 Å². The molecule has 2 heterocycles. The summed E-state index contributed by atoms with van der Waals surface area (Å²) in [6, 6.07) is 12.9. The molecule has 7 heteroatoms. The van der Waals surface area contributed by atoms with E-state index in [1.807, 2.05) is 0 Å². The molecule has 0 spiro atoms. The third kappa shape index (κ3) is 3.89. The Morgan fingerprint density at radius 2 is 1.74 bits per heavy atom. The summed E-state index contributed by atoms with van der Waals surface area (Å²) in [6.45, 7) is 5.01. The lowest BCUT2D eigenvalue weighted by Gasteiger charge is -2.36. The number of halogens is 2. The average Bonchev–Trinajstić information content (AvgIpc) is 2.69. The van der Waals surface area contributed by atoms with Gasteiger partial charge < -0.3 is 4.90 Å². The first-order valence-corrected chi connectivity index (χ1v) is 9.78. The summed E-state index contributed by atoms with van der Waals surface area (Å²) in [5.41, 5.74) is 1.31. The number of aromatic nitrogens is 2. The fourth-order valence-electron chi connectivity index (χ4n) is 3.45. The van der Waals surface area contributed by atoms with Gasteiger partial charge in [-0.25, -0.2) is 9.37 Å². The molecule has 0 radical (unpaired) electrons. The molecule has 1 aliphatic rings. The molecular weight excluding hydrogens is 411 g/mol. The van der Waals surface area contributed by atoms with E-state index < -0.39 is 5.82 Å². The van der Waals surface area contributed by atoms with Crippen LogP contribution < -0.4 is 10.5 Å². The quantitative estimate of drug-likeness (QED) is 0.637. The van der Waals surface area contributed by atoms with E-state index in [4.69, 9.17) is 0 Å². The molecule has 0 saturated carbocycles. The molecule has 2 aromatic carbocycles. The standard InChI is InChI=1S/C20H20BrFN4O/c21-15-4-6-16(7-5-15)25-11-8-24(9-12-25)10-13-26-14-23-18-3-1-2-17(22)19(18)20(26)27/h1-7,14H,8-13H2. The Hall–Kier alpha value is -2.25. The number of benzene rings is 2. The van der Waals surface area contributed by atoms with Gasteiger partial charge in [0.1, 0.15) is 11.2 Å². The fraction of sp³-hybridized carbons (Fsp3) is 0.300. The molecule has 1 aliphatic heterocycles. The molecular formula is C20H20BrFN4O. The van der Waals surface area contributed by atoms with Crippen LogP contribution in [0.2, 0.25) is 0 Å². The van der Waals surface area contributed by atoms with E-state index in [0.717, 1.165) is 37.2 Å². The number of anilines is 1. The first-order valence-electron chi connectivity index (χ1n) is 8.98. The first kappa shape index (κ1) is 18.1. The van der Waals surface area contributed by atoms with Crippen molar-refractivity contribution in [2.24, 2.45) is 0 Å². The zero-order valence-electron chi connectivity index (χ0n) is 14.8. The lowest BCUT2D eigenvalue weighted by atomic mass is 10.2. The van der Waals surface area contributed by atoms with Gasteiger partial charge in [-0.2, -0.15) is 0 Å². The molecule has 1 saturated heterocycles. The molecule has 0 N–H and O–H groups in total. The van der Waals surface area contributed by atoms with Gasteiger partial charge in [0.15, 0.2) is 0 Å². The lowest BCUT2D eigenvalue weighted by Crippen LogP contribution is -2.47. The summed E-state index contributed by atoms with van der Waals surface area (Å²) in [5, 5.41) is 0.0695. The predicted octanol–water partition coefficient (Wildman–Crippen LogP) is 3.12. The number of hydrogen-bond donors (Lipinski definition) is 0. The number of hydrogen-bond acceptors (Lipinski definition) is 4. The molecule has 1 fully saturated rings. The predicted molar refractivity (Wildman–Crippen MR) is 109 cm³/mol. The van der Waals surface area contributed by atoms with Crippen LogP contribution in [0.4, 0.5) is 10.1 Å². The van der Waals surface area contributed by atoms with Crippen molar-refractivity contribution in [3.63, 3.8) is 0 Å². The smallest absolute Gasteiger partial charge is 0.264 e. The van der Waals surface area contributed by atoms with E-state index in [0.29, 0.717) is 12.1 Å². The Bertz CT molecular complexity index is 997. The highest BCUT2D eigenvalue weighted by Gasteiger charge is 2.17. The third-order valence-electron chi connectivity index (χ3n) is 5.02. The van der Waals surface area contributed by atoms with Crippen molar-refractivity contribution in [1.29, 1.82) is 0 Å². The van der Waals surface area contributed by atoms with Crippen molar-refractivity contribution in [3.05, 3.63) is 69.4 Å². The van der Waals surface area contributed by atoms with Gasteiger partial charge in [-0.3, -0.25) is 14.3 Å². The number of piperazine rings is 1. The van der Waals surface area contributed by atoms with E-state index in [2.05, 4.69) is 55.0 Å². The van der Waals surface area contributed by atoms with Gasteiger partial charge >= 0.3 is 0 Å². The molecule has 1 aromatic heterocycles. The van der Waals surface area contributed by atoms with Crippen LogP contribution in [-0.2, 0) is 6.54 Å². The highest BCUT2D eigenvalue weighted by molar-refractivity contribution is 9.10. The highest BCUT2D eigenvalue weighted by Crippen LogP contribution is 2.19. The minimum absolute atomic E-state index is 0.0695. The van der Waals surface area contributed by atoms with Crippen LogP contribution in [0.25, 0.3) is 10.9 Å². The second-order valence-corrected chi connectivity index (χ2v) is 7.60. The van der Waals surface area contributed by atoms with E-state index in [-0.39, 0.29) is 10.9 Å². The zero-order chi connectivity index (χ0) is 18.8. The molecule has 0 aliphatic carbocycles. The zero-order valence-corrected chi connectivity index (χ0v) is 16.4. The minimum Gasteiger partial charge on any atom is -0.369 e. The maximum Gasteiger partial charge on any atom is 0.264 e. The van der Waals surface area contributed by atoms with Crippen molar-refractivity contribution >= 4 is 32.5 Å². The molecule has 0 atom stereocenters. The summed E-state index contributed by atoms with van der Waals surface area (Å²) in [5.74, 6) is -0.512. The van der Waals surface area contributed by atoms with Gasteiger partial charge in [0.2, 0.25) is 0 Å². The highest BCUT2D eigenvalue weighted by atomic mass is 79.9. The van der Waals surface area contributed by atoms with E-state index in [1.54, 1.807) is 12.1 Å². The topological polar surface area (TPSA) is 41.4 Å². The van der Waals surface area contributed by atoms with Gasteiger partial charge in [0, 0.05) is 49.4 Å². The number of rotatable bonds is 4. The second kappa shape index (κ2) is 7.78. The van der Waals surface area contributed by atoms with Gasteiger partial charge in [0.25, 0.3) is 5.56 Å². The molecule has 0 amide bonds. The molecule has 0 unspecified atom stereocenters. The fourth-order valence-corrected chi connectivity index (χ4v) is 3.71. The number of fused-ring (bicyclic) bond motifs is 1. The van der Waals surface area contributed by atoms with Crippen LogP contribution in [0.3, 0.4) is 0 Å². The van der Waals surface area contributed by atoms with Gasteiger partial charge in [0.05, 0.1) is 11.8 Å². The molecule has 3 aromatic rings.